The highest BCUT2D eigenvalue weighted by Gasteiger charge is 2.37. The van der Waals surface area contributed by atoms with Crippen LogP contribution in [0, 0.1) is 0 Å². The van der Waals surface area contributed by atoms with Gasteiger partial charge in [0.15, 0.2) is 0 Å². The molecular formula is C44H42N8O4. The number of imidazole rings is 2. The van der Waals surface area contributed by atoms with Gasteiger partial charge in [0.05, 0.1) is 35.9 Å². The van der Waals surface area contributed by atoms with Crippen LogP contribution < -0.4 is 10.6 Å². The van der Waals surface area contributed by atoms with Gasteiger partial charge in [-0.1, -0.05) is 109 Å². The molecule has 282 valence electrons. The first-order valence-electron chi connectivity index (χ1n) is 18.9. The Bertz CT molecular complexity index is 2130. The summed E-state index contributed by atoms with van der Waals surface area (Å²) in [4.78, 5) is 70.1. The van der Waals surface area contributed by atoms with Crippen molar-refractivity contribution in [1.29, 1.82) is 0 Å². The fourth-order valence-electron chi connectivity index (χ4n) is 8.00. The molecule has 2 aliphatic rings. The quantitative estimate of drug-likeness (QED) is 0.0998. The van der Waals surface area contributed by atoms with Crippen LogP contribution >= 0.6 is 0 Å². The van der Waals surface area contributed by atoms with Crippen LogP contribution in [0.3, 0.4) is 0 Å². The largest absolute Gasteiger partial charge is 0.343 e. The topological polar surface area (TPSA) is 156 Å². The number of benzene rings is 4. The van der Waals surface area contributed by atoms with Gasteiger partial charge in [0.2, 0.25) is 24.6 Å². The van der Waals surface area contributed by atoms with E-state index in [2.05, 4.69) is 79.1 Å². The van der Waals surface area contributed by atoms with Crippen LogP contribution in [-0.2, 0) is 19.2 Å². The average molecular weight is 747 g/mol. The maximum atomic E-state index is 13.7. The minimum absolute atomic E-state index is 0.151. The van der Waals surface area contributed by atoms with Gasteiger partial charge in [-0.05, 0) is 59.1 Å². The van der Waals surface area contributed by atoms with E-state index in [-0.39, 0.29) is 23.9 Å². The summed E-state index contributed by atoms with van der Waals surface area (Å²) in [5.74, 6) is 1.15. The van der Waals surface area contributed by atoms with E-state index in [0.29, 0.717) is 25.9 Å². The van der Waals surface area contributed by atoms with E-state index < -0.39 is 12.1 Å². The van der Waals surface area contributed by atoms with Crippen molar-refractivity contribution in [3.05, 3.63) is 144 Å². The summed E-state index contributed by atoms with van der Waals surface area (Å²) in [5, 5.41) is 5.41. The second kappa shape index (κ2) is 16.3. The monoisotopic (exact) mass is 746 g/mol. The third-order valence-electron chi connectivity index (χ3n) is 10.8. The molecule has 0 spiro atoms. The van der Waals surface area contributed by atoms with Gasteiger partial charge in [-0.15, -0.1) is 0 Å². The highest BCUT2D eigenvalue weighted by atomic mass is 16.2. The minimum atomic E-state index is -0.755. The van der Waals surface area contributed by atoms with E-state index in [4.69, 9.17) is 0 Å². The summed E-state index contributed by atoms with van der Waals surface area (Å²) in [6, 6.07) is 33.2. The first-order valence-corrected chi connectivity index (χ1v) is 18.9. The number of rotatable bonds is 13. The Labute approximate surface area is 324 Å². The summed E-state index contributed by atoms with van der Waals surface area (Å²) >= 11 is 0. The van der Waals surface area contributed by atoms with E-state index in [1.807, 2.05) is 82.9 Å². The van der Waals surface area contributed by atoms with Crippen molar-refractivity contribution in [3.63, 3.8) is 0 Å². The van der Waals surface area contributed by atoms with E-state index in [9.17, 15) is 19.2 Å². The first-order chi connectivity index (χ1) is 27.5. The smallest absolute Gasteiger partial charge is 0.250 e. The highest BCUT2D eigenvalue weighted by Crippen LogP contribution is 2.36. The Morgan fingerprint density at radius 3 is 1.32 bits per heavy atom. The number of carbonyl (C=O) groups is 4. The lowest BCUT2D eigenvalue weighted by atomic mass is 10.0. The van der Waals surface area contributed by atoms with Gasteiger partial charge in [-0.2, -0.15) is 0 Å². The normalized spacial score (nSPS) is 17.6. The first kappa shape index (κ1) is 36.2. The maximum absolute atomic E-state index is 13.7. The number of amides is 4. The number of hydrogen-bond donors (Lipinski definition) is 4. The Kier molecular flexibility index (Phi) is 10.5. The van der Waals surface area contributed by atoms with Crippen molar-refractivity contribution in [2.24, 2.45) is 0 Å². The minimum Gasteiger partial charge on any atom is -0.343 e. The summed E-state index contributed by atoms with van der Waals surface area (Å²) in [7, 11) is 0. The number of carbonyl (C=O) groups excluding carboxylic acids is 4. The third-order valence-corrected chi connectivity index (χ3v) is 10.8. The van der Waals surface area contributed by atoms with Gasteiger partial charge in [-0.3, -0.25) is 19.2 Å². The molecule has 4 amide bonds. The fraction of sp³-hybridized carbons (Fsp3) is 0.227. The van der Waals surface area contributed by atoms with Gasteiger partial charge in [0.25, 0.3) is 0 Å². The summed E-state index contributed by atoms with van der Waals surface area (Å²) in [6.07, 6.45) is 8.03. The van der Waals surface area contributed by atoms with Crippen LogP contribution in [0.4, 0.5) is 0 Å². The molecule has 4 atom stereocenters. The summed E-state index contributed by atoms with van der Waals surface area (Å²) in [5.41, 5.74) is 7.28. The van der Waals surface area contributed by atoms with Crippen LogP contribution in [0.5, 0.6) is 0 Å². The number of nitrogens with one attached hydrogen (secondary N) is 4. The second-order valence-electron chi connectivity index (χ2n) is 14.2. The number of H-pyrrole nitrogens is 2. The van der Waals surface area contributed by atoms with Crippen molar-refractivity contribution in [2.75, 3.05) is 13.1 Å². The van der Waals surface area contributed by atoms with Gasteiger partial charge >= 0.3 is 0 Å². The number of aromatic amines is 2. The Morgan fingerprint density at radius 2 is 0.946 bits per heavy atom. The molecule has 4 aromatic carbocycles. The number of aromatic nitrogens is 4. The van der Waals surface area contributed by atoms with E-state index >= 15 is 0 Å². The number of nitrogens with zero attached hydrogens (tertiary/aromatic N) is 4. The van der Waals surface area contributed by atoms with Gasteiger partial charge in [0.1, 0.15) is 23.7 Å². The Morgan fingerprint density at radius 1 is 0.571 bits per heavy atom. The SMILES string of the molecule is O=CN[C@@H](C(=O)N1CCC[C@H]1c1ncc(-c2ccc(-c3ccc(-c4cnc([C@@H]5CCCN5C(=O)[C@H](NC=O)c5ccccc5)[nH]4)cc3)cc2)[nH]1)c1ccccc1. The zero-order valence-electron chi connectivity index (χ0n) is 30.7. The van der Waals surface area contributed by atoms with Crippen LogP contribution in [-0.4, -0.2) is 67.5 Å². The predicted octanol–water partition coefficient (Wildman–Crippen LogP) is 6.44. The van der Waals surface area contributed by atoms with Crippen molar-refractivity contribution in [1.82, 2.24) is 40.4 Å². The molecule has 0 saturated carbocycles. The molecule has 0 unspecified atom stereocenters. The Balaban J connectivity index is 0.927. The maximum Gasteiger partial charge on any atom is 0.250 e. The van der Waals surface area contributed by atoms with Crippen molar-refractivity contribution in [2.45, 2.75) is 49.9 Å². The lowest BCUT2D eigenvalue weighted by Crippen LogP contribution is -2.40. The third kappa shape index (κ3) is 7.33. The van der Waals surface area contributed by atoms with Crippen LogP contribution in [0.1, 0.15) is 72.6 Å². The molecule has 6 aromatic rings. The van der Waals surface area contributed by atoms with Crippen molar-refractivity contribution < 1.29 is 19.2 Å². The molecule has 8 rings (SSSR count). The summed E-state index contributed by atoms with van der Waals surface area (Å²) in [6.45, 7) is 1.19. The lowest BCUT2D eigenvalue weighted by Gasteiger charge is -2.28. The molecular weight excluding hydrogens is 705 g/mol. The molecule has 56 heavy (non-hydrogen) atoms. The standard InChI is InChI=1S/C44H42N8O4/c53-27-47-39(33-9-3-1-4-10-33)43(55)51-23-7-13-37(51)41-45-25-35(49-41)31-19-15-29(16-20-31)30-17-21-32(22-18-30)36-26-46-42(50-36)38-14-8-24-52(38)44(56)40(48-28-54)34-11-5-2-6-12-34/h1-6,9-12,15-22,25-28,37-40H,7-8,13-14,23-24H2,(H,45,49)(H,46,50)(H,47,53)(H,48,54)/t37-,38-,39+,40+/m0/s1. The zero-order chi connectivity index (χ0) is 38.4. The molecule has 2 saturated heterocycles. The molecule has 4 N–H and O–H groups in total. The zero-order valence-corrected chi connectivity index (χ0v) is 30.7. The van der Waals surface area contributed by atoms with Crippen molar-refractivity contribution >= 4 is 24.6 Å². The molecule has 4 heterocycles. The molecule has 2 aromatic heterocycles. The molecule has 0 radical (unpaired) electrons. The number of likely N-dealkylation sites (tertiary alicyclic amines) is 2. The van der Waals surface area contributed by atoms with Crippen LogP contribution in [0.2, 0.25) is 0 Å². The van der Waals surface area contributed by atoms with E-state index in [1.165, 1.54) is 0 Å². The molecule has 0 aliphatic carbocycles. The average Bonchev–Trinajstić information content (AvgIpc) is 4.10. The highest BCUT2D eigenvalue weighted by molar-refractivity contribution is 5.86. The van der Waals surface area contributed by atoms with Gasteiger partial charge in [0, 0.05) is 13.1 Å². The van der Waals surface area contributed by atoms with Crippen molar-refractivity contribution in [3.8, 4) is 33.6 Å². The van der Waals surface area contributed by atoms with Crippen LogP contribution in [0.15, 0.2) is 122 Å². The fourth-order valence-corrected chi connectivity index (χ4v) is 8.00. The van der Waals surface area contributed by atoms with Gasteiger partial charge in [-0.25, -0.2) is 9.97 Å². The van der Waals surface area contributed by atoms with Crippen LogP contribution in [0.25, 0.3) is 33.6 Å². The molecule has 2 aliphatic heterocycles. The molecule has 0 bridgehead atoms. The molecule has 12 nitrogen and oxygen atoms in total. The van der Waals surface area contributed by atoms with E-state index in [0.717, 1.165) is 82.1 Å². The lowest BCUT2D eigenvalue weighted by molar-refractivity contribution is -0.136. The second-order valence-corrected chi connectivity index (χ2v) is 14.2. The molecule has 2 fully saturated rings. The Hall–Kier alpha value is -6.82. The predicted molar refractivity (Wildman–Crippen MR) is 211 cm³/mol. The number of hydrogen-bond acceptors (Lipinski definition) is 6. The molecule has 12 heteroatoms. The summed E-state index contributed by atoms with van der Waals surface area (Å²) < 4.78 is 0. The van der Waals surface area contributed by atoms with Gasteiger partial charge < -0.3 is 30.4 Å². The van der Waals surface area contributed by atoms with E-state index in [1.54, 1.807) is 0 Å².